The summed E-state index contributed by atoms with van der Waals surface area (Å²) in [7, 11) is 0. The van der Waals surface area contributed by atoms with Crippen molar-refractivity contribution in [3.05, 3.63) is 52.9 Å². The lowest BCUT2D eigenvalue weighted by molar-refractivity contribution is 0.551. The highest BCUT2D eigenvalue weighted by Crippen LogP contribution is 2.17. The van der Waals surface area contributed by atoms with Gasteiger partial charge in [0.05, 0.1) is 6.20 Å². The van der Waals surface area contributed by atoms with Crippen LogP contribution in [0.15, 0.2) is 24.4 Å². The van der Waals surface area contributed by atoms with Gasteiger partial charge in [-0.2, -0.15) is 5.10 Å². The molecular weight excluding hydrogens is 260 g/mol. The molecule has 2 aromatic rings. The van der Waals surface area contributed by atoms with Crippen LogP contribution in [0.1, 0.15) is 36.7 Å². The molecule has 20 heavy (non-hydrogen) atoms. The molecule has 0 amide bonds. The van der Waals surface area contributed by atoms with Gasteiger partial charge in [0, 0.05) is 36.5 Å². The van der Waals surface area contributed by atoms with Crippen molar-refractivity contribution in [2.45, 2.75) is 39.9 Å². The molecule has 1 heterocycles. The van der Waals surface area contributed by atoms with Gasteiger partial charge in [-0.05, 0) is 38.5 Å². The Bertz CT molecular complexity index is 573. The minimum Gasteiger partial charge on any atom is -0.306 e. The van der Waals surface area contributed by atoms with E-state index in [1.165, 1.54) is 12.1 Å². The first-order valence-electron chi connectivity index (χ1n) is 6.72. The zero-order valence-corrected chi connectivity index (χ0v) is 12.0. The van der Waals surface area contributed by atoms with E-state index >= 15 is 0 Å². The van der Waals surface area contributed by atoms with Gasteiger partial charge in [-0.1, -0.05) is 0 Å². The van der Waals surface area contributed by atoms with Crippen LogP contribution >= 0.6 is 0 Å². The molecule has 0 aliphatic rings. The number of hydrogen-bond donors (Lipinski definition) is 1. The first kappa shape index (κ1) is 14.7. The summed E-state index contributed by atoms with van der Waals surface area (Å²) in [6.45, 7) is 7.31. The molecule has 108 valence electrons. The number of nitrogens with one attached hydrogen (secondary N) is 1. The van der Waals surface area contributed by atoms with E-state index in [1.54, 1.807) is 0 Å². The highest BCUT2D eigenvalue weighted by molar-refractivity contribution is 5.21. The third-order valence-corrected chi connectivity index (χ3v) is 3.44. The predicted molar refractivity (Wildman–Crippen MR) is 74.3 cm³/mol. The van der Waals surface area contributed by atoms with E-state index in [-0.39, 0.29) is 6.04 Å². The molecule has 1 N–H and O–H groups in total. The van der Waals surface area contributed by atoms with Gasteiger partial charge in [0.15, 0.2) is 0 Å². The lowest BCUT2D eigenvalue weighted by Gasteiger charge is -2.14. The molecule has 0 saturated carbocycles. The average Bonchev–Trinajstić information content (AvgIpc) is 2.76. The van der Waals surface area contributed by atoms with Gasteiger partial charge < -0.3 is 5.32 Å². The molecule has 5 heteroatoms. The van der Waals surface area contributed by atoms with E-state index < -0.39 is 11.6 Å². The van der Waals surface area contributed by atoms with Crippen LogP contribution in [-0.2, 0) is 13.1 Å². The van der Waals surface area contributed by atoms with Crippen molar-refractivity contribution in [1.29, 1.82) is 0 Å². The Morgan fingerprint density at radius 3 is 2.45 bits per heavy atom. The van der Waals surface area contributed by atoms with Crippen molar-refractivity contribution in [2.75, 3.05) is 0 Å². The molecule has 1 unspecified atom stereocenters. The molecule has 0 aliphatic heterocycles. The second kappa shape index (κ2) is 6.13. The molecule has 1 aromatic heterocycles. The average molecular weight is 279 g/mol. The third-order valence-electron chi connectivity index (χ3n) is 3.44. The summed E-state index contributed by atoms with van der Waals surface area (Å²) in [4.78, 5) is 0. The summed E-state index contributed by atoms with van der Waals surface area (Å²) in [5.74, 6) is -1.10. The summed E-state index contributed by atoms with van der Waals surface area (Å²) in [6, 6.07) is 3.63. The lowest BCUT2D eigenvalue weighted by Crippen LogP contribution is -2.19. The van der Waals surface area contributed by atoms with Gasteiger partial charge >= 0.3 is 0 Å². The number of hydrogen-bond acceptors (Lipinski definition) is 2. The summed E-state index contributed by atoms with van der Waals surface area (Å²) in [6.07, 6.45) is 1.84. The van der Waals surface area contributed by atoms with Gasteiger partial charge in [-0.25, -0.2) is 8.78 Å². The Hall–Kier alpha value is -1.75. The van der Waals surface area contributed by atoms with E-state index in [4.69, 9.17) is 0 Å². The Balaban J connectivity index is 2.04. The molecule has 0 spiro atoms. The van der Waals surface area contributed by atoms with E-state index in [9.17, 15) is 8.78 Å². The Labute approximate surface area is 117 Å². The number of aromatic nitrogens is 2. The second-order valence-electron chi connectivity index (χ2n) is 4.88. The van der Waals surface area contributed by atoms with Crippen LogP contribution in [0.25, 0.3) is 0 Å². The molecular formula is C15H19F2N3. The van der Waals surface area contributed by atoms with Crippen LogP contribution in [0.5, 0.6) is 0 Å². The normalized spacial score (nSPS) is 12.7. The molecule has 3 nitrogen and oxygen atoms in total. The van der Waals surface area contributed by atoms with Crippen LogP contribution in [0.2, 0.25) is 0 Å². The summed E-state index contributed by atoms with van der Waals surface area (Å²) >= 11 is 0. The fourth-order valence-electron chi connectivity index (χ4n) is 2.30. The maximum Gasteiger partial charge on any atom is 0.126 e. The largest absolute Gasteiger partial charge is 0.306 e. The molecule has 2 rings (SSSR count). The maximum absolute atomic E-state index is 13.1. The van der Waals surface area contributed by atoms with E-state index in [0.29, 0.717) is 12.1 Å². The molecule has 0 aliphatic carbocycles. The SMILES string of the molecule is CCn1ncc(C(C)NCc2cc(F)cc(F)c2)c1C. The third kappa shape index (κ3) is 3.22. The van der Waals surface area contributed by atoms with Gasteiger partial charge in [-0.3, -0.25) is 4.68 Å². The molecule has 0 radical (unpaired) electrons. The first-order chi connectivity index (χ1) is 9.51. The van der Waals surface area contributed by atoms with Crippen molar-refractivity contribution in [3.63, 3.8) is 0 Å². The molecule has 0 saturated heterocycles. The van der Waals surface area contributed by atoms with Gasteiger partial charge in [0.2, 0.25) is 0 Å². The van der Waals surface area contributed by atoms with Crippen LogP contribution in [-0.4, -0.2) is 9.78 Å². The molecule has 0 fully saturated rings. The Kier molecular flexibility index (Phi) is 4.49. The summed E-state index contributed by atoms with van der Waals surface area (Å²) in [5, 5.41) is 7.56. The van der Waals surface area contributed by atoms with Crippen molar-refractivity contribution in [3.8, 4) is 0 Å². The minimum atomic E-state index is -0.551. The van der Waals surface area contributed by atoms with Crippen LogP contribution in [0, 0.1) is 18.6 Å². The van der Waals surface area contributed by atoms with Crippen molar-refractivity contribution in [1.82, 2.24) is 15.1 Å². The number of aryl methyl sites for hydroxylation is 1. The number of halogens is 2. The fraction of sp³-hybridized carbons (Fsp3) is 0.400. The van der Waals surface area contributed by atoms with Crippen LogP contribution in [0.3, 0.4) is 0 Å². The summed E-state index contributed by atoms with van der Waals surface area (Å²) in [5.41, 5.74) is 2.80. The van der Waals surface area contributed by atoms with Gasteiger partial charge in [-0.15, -0.1) is 0 Å². The topological polar surface area (TPSA) is 29.9 Å². The van der Waals surface area contributed by atoms with E-state index in [0.717, 1.165) is 23.9 Å². The smallest absolute Gasteiger partial charge is 0.126 e. The van der Waals surface area contributed by atoms with Crippen molar-refractivity contribution in [2.24, 2.45) is 0 Å². The van der Waals surface area contributed by atoms with Gasteiger partial charge in [0.25, 0.3) is 0 Å². The van der Waals surface area contributed by atoms with Crippen molar-refractivity contribution < 1.29 is 8.78 Å². The van der Waals surface area contributed by atoms with E-state index in [2.05, 4.69) is 10.4 Å². The zero-order chi connectivity index (χ0) is 14.7. The quantitative estimate of drug-likeness (QED) is 0.909. The molecule has 0 bridgehead atoms. The summed E-state index contributed by atoms with van der Waals surface area (Å²) < 4.78 is 28.1. The van der Waals surface area contributed by atoms with Crippen LogP contribution < -0.4 is 5.32 Å². The Morgan fingerprint density at radius 1 is 1.25 bits per heavy atom. The maximum atomic E-state index is 13.1. The zero-order valence-electron chi connectivity index (χ0n) is 12.0. The molecule has 1 aromatic carbocycles. The van der Waals surface area contributed by atoms with Crippen molar-refractivity contribution >= 4 is 0 Å². The highest BCUT2D eigenvalue weighted by Gasteiger charge is 2.12. The van der Waals surface area contributed by atoms with Gasteiger partial charge in [0.1, 0.15) is 11.6 Å². The second-order valence-corrected chi connectivity index (χ2v) is 4.88. The number of benzene rings is 1. The predicted octanol–water partition coefficient (Wildman–Crippen LogP) is 3.34. The lowest BCUT2D eigenvalue weighted by atomic mass is 10.1. The van der Waals surface area contributed by atoms with E-state index in [1.807, 2.05) is 31.6 Å². The number of nitrogens with zero attached hydrogens (tertiary/aromatic N) is 2. The fourth-order valence-corrected chi connectivity index (χ4v) is 2.30. The Morgan fingerprint density at radius 2 is 1.90 bits per heavy atom. The highest BCUT2D eigenvalue weighted by atomic mass is 19.1. The molecule has 1 atom stereocenters. The first-order valence-corrected chi connectivity index (χ1v) is 6.72. The van der Waals surface area contributed by atoms with Crippen LogP contribution in [0.4, 0.5) is 8.78 Å². The number of rotatable bonds is 5. The monoisotopic (exact) mass is 279 g/mol. The standard InChI is InChI=1S/C15H19F2N3/c1-4-20-11(3)15(9-19-20)10(2)18-8-12-5-13(16)7-14(17)6-12/h5-7,9-10,18H,4,8H2,1-3H3. The minimum absolute atomic E-state index is 0.0710.